The lowest BCUT2D eigenvalue weighted by Gasteiger charge is -2.09. The van der Waals surface area contributed by atoms with Crippen molar-refractivity contribution in [2.45, 2.75) is 20.5 Å². The minimum atomic E-state index is -0.400. The Morgan fingerprint density at radius 1 is 1.00 bits per heavy atom. The van der Waals surface area contributed by atoms with Gasteiger partial charge < -0.3 is 10.1 Å². The third-order valence-electron chi connectivity index (χ3n) is 4.86. The highest BCUT2D eigenvalue weighted by Crippen LogP contribution is 2.25. The Kier molecular flexibility index (Phi) is 6.44. The van der Waals surface area contributed by atoms with Gasteiger partial charge >= 0.3 is 6.01 Å². The first-order valence-corrected chi connectivity index (χ1v) is 10.4. The van der Waals surface area contributed by atoms with E-state index in [1.807, 2.05) is 13.8 Å². The van der Waals surface area contributed by atoms with Crippen LogP contribution in [0.4, 0.5) is 14.5 Å². The maximum absolute atomic E-state index is 13.9. The first kappa shape index (κ1) is 22.1. The molecule has 1 heterocycles. The summed E-state index contributed by atoms with van der Waals surface area (Å²) in [6.45, 7) is 3.78. The van der Waals surface area contributed by atoms with Crippen LogP contribution in [0.15, 0.2) is 72.8 Å². The first-order valence-electron chi connectivity index (χ1n) is 10.4. The average Bonchev–Trinajstić information content (AvgIpc) is 3.23. The summed E-state index contributed by atoms with van der Waals surface area (Å²) >= 11 is 0. The second kappa shape index (κ2) is 9.60. The van der Waals surface area contributed by atoms with Crippen LogP contribution in [0.1, 0.15) is 19.4 Å². The Bertz CT molecular complexity index is 1250. The molecule has 4 aromatic rings. The highest BCUT2D eigenvalue weighted by molar-refractivity contribution is 5.92. The van der Waals surface area contributed by atoms with Gasteiger partial charge in [0.2, 0.25) is 5.91 Å². The van der Waals surface area contributed by atoms with Gasteiger partial charge in [0.25, 0.3) is 0 Å². The van der Waals surface area contributed by atoms with Crippen LogP contribution >= 0.6 is 0 Å². The molecular weight excluding hydrogens is 426 g/mol. The van der Waals surface area contributed by atoms with E-state index < -0.39 is 5.82 Å². The summed E-state index contributed by atoms with van der Waals surface area (Å²) in [4.78, 5) is 16.4. The van der Waals surface area contributed by atoms with E-state index in [0.29, 0.717) is 22.8 Å². The van der Waals surface area contributed by atoms with Crippen LogP contribution in [0.5, 0.6) is 6.01 Å². The number of amides is 1. The Balaban J connectivity index is 1.63. The number of nitrogens with zero attached hydrogens (tertiary/aromatic N) is 3. The maximum Gasteiger partial charge on any atom is 0.336 e. The number of carbonyl (C=O) groups is 1. The van der Waals surface area contributed by atoms with Crippen LogP contribution in [-0.4, -0.2) is 20.7 Å². The fourth-order valence-corrected chi connectivity index (χ4v) is 3.05. The smallest absolute Gasteiger partial charge is 0.336 e. The molecule has 0 saturated heterocycles. The predicted molar refractivity (Wildman–Crippen MR) is 121 cm³/mol. The van der Waals surface area contributed by atoms with Crippen molar-refractivity contribution in [1.29, 1.82) is 0 Å². The van der Waals surface area contributed by atoms with Crippen molar-refractivity contribution in [2.75, 3.05) is 5.32 Å². The maximum atomic E-state index is 13.9. The normalized spacial score (nSPS) is 10.9. The minimum absolute atomic E-state index is 0.0829. The summed E-state index contributed by atoms with van der Waals surface area (Å²) in [6, 6.07) is 19.1. The number of hydrogen-bond acceptors (Lipinski definition) is 4. The predicted octanol–water partition coefficient (Wildman–Crippen LogP) is 5.39. The van der Waals surface area contributed by atoms with Gasteiger partial charge in [-0.2, -0.15) is 4.98 Å². The average molecular weight is 448 g/mol. The molecule has 6 nitrogen and oxygen atoms in total. The molecule has 3 aromatic carbocycles. The number of ether oxygens (including phenoxy) is 1. The van der Waals surface area contributed by atoms with E-state index in [-0.39, 0.29) is 30.3 Å². The molecule has 1 aromatic heterocycles. The first-order chi connectivity index (χ1) is 15.9. The van der Waals surface area contributed by atoms with Gasteiger partial charge in [-0.25, -0.2) is 13.5 Å². The summed E-state index contributed by atoms with van der Waals surface area (Å²) in [7, 11) is 0. The number of carbonyl (C=O) groups excluding carboxylic acids is 1. The number of nitrogens with one attached hydrogen (secondary N) is 1. The van der Waals surface area contributed by atoms with Crippen LogP contribution in [0, 0.1) is 17.6 Å². The zero-order valence-electron chi connectivity index (χ0n) is 18.1. The largest absolute Gasteiger partial charge is 0.457 e. The van der Waals surface area contributed by atoms with Crippen LogP contribution < -0.4 is 10.1 Å². The van der Waals surface area contributed by atoms with Crippen molar-refractivity contribution in [3.8, 4) is 23.1 Å². The minimum Gasteiger partial charge on any atom is -0.457 e. The van der Waals surface area contributed by atoms with E-state index in [1.165, 1.54) is 24.3 Å². The van der Waals surface area contributed by atoms with Gasteiger partial charge in [-0.1, -0.05) is 38.1 Å². The molecule has 0 fully saturated rings. The number of rotatable bonds is 7. The molecule has 0 unspecified atom stereocenters. The molecule has 0 saturated carbocycles. The highest BCUT2D eigenvalue weighted by Gasteiger charge is 2.16. The van der Waals surface area contributed by atoms with Gasteiger partial charge in [0.15, 0.2) is 5.82 Å². The van der Waals surface area contributed by atoms with Crippen molar-refractivity contribution in [3.63, 3.8) is 0 Å². The van der Waals surface area contributed by atoms with Crippen molar-refractivity contribution in [3.05, 3.63) is 90.0 Å². The molecule has 1 N–H and O–H groups in total. The number of halogens is 2. The van der Waals surface area contributed by atoms with Crippen LogP contribution in [-0.2, 0) is 11.4 Å². The Morgan fingerprint density at radius 2 is 1.73 bits per heavy atom. The summed E-state index contributed by atoms with van der Waals surface area (Å²) in [5, 5.41) is 7.27. The second-order valence-corrected chi connectivity index (χ2v) is 7.75. The molecule has 8 heteroatoms. The molecule has 0 aliphatic heterocycles. The van der Waals surface area contributed by atoms with Gasteiger partial charge in [-0.05, 0) is 54.1 Å². The molecule has 0 spiro atoms. The fraction of sp³-hybridized carbons (Fsp3) is 0.160. The summed E-state index contributed by atoms with van der Waals surface area (Å²) in [5.41, 5.74) is 2.58. The Labute approximate surface area is 189 Å². The van der Waals surface area contributed by atoms with Crippen LogP contribution in [0.3, 0.4) is 0 Å². The van der Waals surface area contributed by atoms with E-state index >= 15 is 0 Å². The standard InChI is InChI=1S/C25H22F2N4O2/c1-16(2)24(32)28-21-10-12-22(13-11-21)31-23(18-4-3-5-20(27)14-18)29-25(30-31)33-15-17-6-8-19(26)9-7-17/h3-14,16H,15H2,1-2H3,(H,28,32). The van der Waals surface area contributed by atoms with Gasteiger partial charge in [0, 0.05) is 17.2 Å². The van der Waals surface area contributed by atoms with Crippen molar-refractivity contribution in [1.82, 2.24) is 14.8 Å². The summed E-state index contributed by atoms with van der Waals surface area (Å²) in [6.07, 6.45) is 0. The highest BCUT2D eigenvalue weighted by atomic mass is 19.1. The number of benzene rings is 3. The van der Waals surface area contributed by atoms with E-state index in [4.69, 9.17) is 4.74 Å². The zero-order chi connectivity index (χ0) is 23.4. The molecule has 0 aliphatic rings. The van der Waals surface area contributed by atoms with Crippen LogP contribution in [0.2, 0.25) is 0 Å². The van der Waals surface area contributed by atoms with E-state index in [1.54, 1.807) is 53.2 Å². The fourth-order valence-electron chi connectivity index (χ4n) is 3.05. The number of aromatic nitrogens is 3. The molecule has 168 valence electrons. The van der Waals surface area contributed by atoms with Gasteiger partial charge in [0.05, 0.1) is 5.69 Å². The zero-order valence-corrected chi connectivity index (χ0v) is 18.1. The quantitative estimate of drug-likeness (QED) is 0.412. The Hall–Kier alpha value is -4.07. The van der Waals surface area contributed by atoms with Gasteiger partial charge in [-0.3, -0.25) is 4.79 Å². The SMILES string of the molecule is CC(C)C(=O)Nc1ccc(-n2nc(OCc3ccc(F)cc3)nc2-c2cccc(F)c2)cc1. The lowest BCUT2D eigenvalue weighted by Crippen LogP contribution is -2.17. The molecule has 0 aliphatic carbocycles. The Morgan fingerprint density at radius 3 is 2.39 bits per heavy atom. The summed E-state index contributed by atoms with van der Waals surface area (Å²) < 4.78 is 34.3. The van der Waals surface area contributed by atoms with Crippen molar-refractivity contribution >= 4 is 11.6 Å². The molecule has 1 amide bonds. The van der Waals surface area contributed by atoms with E-state index in [9.17, 15) is 13.6 Å². The van der Waals surface area contributed by atoms with E-state index in [2.05, 4.69) is 15.4 Å². The molecule has 4 rings (SSSR count). The van der Waals surface area contributed by atoms with Crippen molar-refractivity contribution in [2.24, 2.45) is 5.92 Å². The lowest BCUT2D eigenvalue weighted by molar-refractivity contribution is -0.118. The second-order valence-electron chi connectivity index (χ2n) is 7.75. The summed E-state index contributed by atoms with van der Waals surface area (Å²) in [5.74, 6) is -0.562. The number of anilines is 1. The monoisotopic (exact) mass is 448 g/mol. The van der Waals surface area contributed by atoms with Gasteiger partial charge in [-0.15, -0.1) is 5.10 Å². The topological polar surface area (TPSA) is 69.0 Å². The third-order valence-corrected chi connectivity index (χ3v) is 4.86. The molecular formula is C25H22F2N4O2. The third kappa shape index (κ3) is 5.41. The lowest BCUT2D eigenvalue weighted by atomic mass is 10.2. The van der Waals surface area contributed by atoms with Crippen LogP contribution in [0.25, 0.3) is 17.1 Å². The molecule has 33 heavy (non-hydrogen) atoms. The molecule has 0 atom stereocenters. The van der Waals surface area contributed by atoms with E-state index in [0.717, 1.165) is 5.56 Å². The molecule has 0 radical (unpaired) electrons. The number of hydrogen-bond donors (Lipinski definition) is 1. The van der Waals surface area contributed by atoms with Gasteiger partial charge in [0.1, 0.15) is 18.2 Å². The molecule has 0 bridgehead atoms. The van der Waals surface area contributed by atoms with Crippen molar-refractivity contribution < 1.29 is 18.3 Å².